The Bertz CT molecular complexity index is 653. The molecule has 0 saturated heterocycles. The van der Waals surface area contributed by atoms with E-state index in [9.17, 15) is 0 Å². The predicted molar refractivity (Wildman–Crippen MR) is 82.2 cm³/mol. The summed E-state index contributed by atoms with van der Waals surface area (Å²) in [7, 11) is 0. The van der Waals surface area contributed by atoms with E-state index >= 15 is 0 Å². The zero-order valence-corrected chi connectivity index (χ0v) is 18.8. The molecule has 0 spiro atoms. The van der Waals surface area contributed by atoms with Crippen molar-refractivity contribution < 1.29 is 44.9 Å². The Morgan fingerprint density at radius 2 is 1.86 bits per heavy atom. The third-order valence-electron chi connectivity index (χ3n) is 4.10. The van der Waals surface area contributed by atoms with E-state index in [0.717, 1.165) is 3.67 Å². The van der Waals surface area contributed by atoms with Gasteiger partial charge >= 0.3 is 124 Å². The second kappa shape index (κ2) is 8.10. The number of fused-ring (bicyclic) bond motifs is 1. The van der Waals surface area contributed by atoms with Crippen molar-refractivity contribution in [3.63, 3.8) is 0 Å². The standard InChI is InChI=1S/C10H9.C5H5.C2H6Si.2ClH.Hf/c1-8-6-7-9-4-2-3-5-10(8)9;1-2-4-5-3-1;1-3-2;;;/h2-7H,1H3;1-3H,4H2;1-2H3;2*1H;/q;;;;;+2/p-2. The molecule has 0 heterocycles. The van der Waals surface area contributed by atoms with Gasteiger partial charge in [0.25, 0.3) is 0 Å². The summed E-state index contributed by atoms with van der Waals surface area (Å²) in [6.45, 7) is 7.40. The van der Waals surface area contributed by atoms with Crippen molar-refractivity contribution in [3.8, 4) is 0 Å². The first-order chi connectivity index (χ1) is 9.18. The molecule has 110 valence electrons. The first-order valence-corrected chi connectivity index (χ1v) is 18.8. The normalized spacial score (nSPS) is 17.7. The largest absolute Gasteiger partial charge is 1.00 e. The molecule has 1 aromatic carbocycles. The molecule has 0 nitrogen and oxygen atoms in total. The summed E-state index contributed by atoms with van der Waals surface area (Å²) in [5.74, 6) is 0. The van der Waals surface area contributed by atoms with Crippen molar-refractivity contribution in [2.75, 3.05) is 0 Å². The van der Waals surface area contributed by atoms with Crippen molar-refractivity contribution in [2.45, 2.75) is 30.1 Å². The van der Waals surface area contributed by atoms with Gasteiger partial charge in [0, 0.05) is 0 Å². The molecule has 2 aliphatic rings. The third kappa shape index (κ3) is 3.72. The van der Waals surface area contributed by atoms with Gasteiger partial charge in [-0.3, -0.25) is 0 Å². The minimum Gasteiger partial charge on any atom is -1.00 e. The molecule has 3 rings (SSSR count). The van der Waals surface area contributed by atoms with Gasteiger partial charge in [-0.2, -0.15) is 0 Å². The fourth-order valence-electron chi connectivity index (χ4n) is 3.27. The van der Waals surface area contributed by atoms with Gasteiger partial charge in [-0.05, 0) is 0 Å². The van der Waals surface area contributed by atoms with Crippen LogP contribution in [0.3, 0.4) is 0 Å². The third-order valence-corrected chi connectivity index (χ3v) is 29.7. The van der Waals surface area contributed by atoms with Gasteiger partial charge in [0.15, 0.2) is 0 Å². The molecule has 0 N–H and O–H groups in total. The maximum atomic E-state index is 2.60. The molecular formula is C17H20Cl2HfSi. The Labute approximate surface area is 148 Å². The maximum absolute atomic E-state index is 2.60. The number of allylic oxidation sites excluding steroid dienone is 6. The molecule has 0 radical (unpaired) electrons. The molecule has 1 unspecified atom stereocenters. The zero-order valence-electron chi connectivity index (χ0n) is 12.7. The van der Waals surface area contributed by atoms with Crippen LogP contribution >= 0.6 is 0 Å². The van der Waals surface area contributed by atoms with E-state index in [2.05, 4.69) is 68.6 Å². The Morgan fingerprint density at radius 3 is 2.48 bits per heavy atom. The zero-order chi connectivity index (χ0) is 13.4. The van der Waals surface area contributed by atoms with Crippen molar-refractivity contribution in [2.24, 2.45) is 0 Å². The summed E-state index contributed by atoms with van der Waals surface area (Å²) in [6, 6.07) is 9.10. The van der Waals surface area contributed by atoms with Crippen LogP contribution in [0.5, 0.6) is 0 Å². The molecule has 0 bridgehead atoms. The van der Waals surface area contributed by atoms with Gasteiger partial charge in [-0.25, -0.2) is 0 Å². The first kappa shape index (κ1) is 19.2. The number of rotatable bonds is 2. The van der Waals surface area contributed by atoms with E-state index in [0.29, 0.717) is 0 Å². The van der Waals surface area contributed by atoms with Gasteiger partial charge in [0.1, 0.15) is 0 Å². The molecule has 1 atom stereocenters. The van der Waals surface area contributed by atoms with Crippen molar-refractivity contribution >= 4 is 11.1 Å². The van der Waals surface area contributed by atoms with E-state index < -0.39 is 20.1 Å². The second-order valence-corrected chi connectivity index (χ2v) is 30.4. The summed E-state index contributed by atoms with van der Waals surface area (Å²) in [5.41, 5.74) is 4.53. The number of benzene rings is 1. The second-order valence-electron chi connectivity index (χ2n) is 5.65. The smallest absolute Gasteiger partial charge is 1.00 e. The van der Waals surface area contributed by atoms with E-state index in [4.69, 9.17) is 0 Å². The van der Waals surface area contributed by atoms with Crippen LogP contribution in [0.2, 0.25) is 13.1 Å². The minimum absolute atomic E-state index is 0. The molecule has 0 aromatic heterocycles. The van der Waals surface area contributed by atoms with Crippen LogP contribution in [0.25, 0.3) is 5.57 Å². The molecule has 0 saturated carbocycles. The molecule has 2 aliphatic carbocycles. The molecule has 0 amide bonds. The van der Waals surface area contributed by atoms with Gasteiger partial charge < -0.3 is 24.8 Å². The summed E-state index contributed by atoms with van der Waals surface area (Å²) < 4.78 is 2.67. The number of halogens is 2. The summed E-state index contributed by atoms with van der Waals surface area (Å²) in [6.07, 6.45) is 10.9. The van der Waals surface area contributed by atoms with Crippen LogP contribution < -0.4 is 24.8 Å². The molecule has 1 aromatic rings. The van der Waals surface area contributed by atoms with E-state index in [1.54, 1.807) is 5.56 Å². The summed E-state index contributed by atoms with van der Waals surface area (Å²) >= 11 is -1.72. The van der Waals surface area contributed by atoms with Gasteiger partial charge in [-0.15, -0.1) is 0 Å². The molecular weight excluding hydrogens is 482 g/mol. The van der Waals surface area contributed by atoms with Crippen molar-refractivity contribution in [3.05, 3.63) is 63.0 Å². The van der Waals surface area contributed by atoms with Crippen LogP contribution in [0.1, 0.15) is 28.1 Å². The molecule has 0 fully saturated rings. The summed E-state index contributed by atoms with van der Waals surface area (Å²) in [4.78, 5) is 0. The Hall–Kier alpha value is 0.107. The monoisotopic (exact) mass is 502 g/mol. The van der Waals surface area contributed by atoms with Crippen molar-refractivity contribution in [1.82, 2.24) is 0 Å². The van der Waals surface area contributed by atoms with Gasteiger partial charge in [0.05, 0.1) is 0 Å². The fraction of sp³-hybridized carbons (Fsp3) is 0.294. The quantitative estimate of drug-likeness (QED) is 0.450. The number of hydrogen-bond acceptors (Lipinski definition) is 0. The summed E-state index contributed by atoms with van der Waals surface area (Å²) in [5, 5.41) is 0. The Kier molecular flexibility index (Phi) is 7.39. The average molecular weight is 502 g/mol. The maximum Gasteiger partial charge on any atom is -1.00 e. The predicted octanol–water partition coefficient (Wildman–Crippen LogP) is -1.13. The Morgan fingerprint density at radius 1 is 1.14 bits per heavy atom. The van der Waals surface area contributed by atoms with E-state index in [1.807, 2.05) is 3.33 Å². The van der Waals surface area contributed by atoms with Crippen LogP contribution in [0.15, 0.2) is 51.9 Å². The Balaban J connectivity index is 0.00000110. The fourth-order valence-corrected chi connectivity index (χ4v) is 28.8. The van der Waals surface area contributed by atoms with Crippen LogP contribution in [0, 0.1) is 0 Å². The van der Waals surface area contributed by atoms with Gasteiger partial charge in [0.2, 0.25) is 0 Å². The minimum atomic E-state index is -1.72. The van der Waals surface area contributed by atoms with Gasteiger partial charge in [-0.1, -0.05) is 0 Å². The van der Waals surface area contributed by atoms with Crippen LogP contribution in [-0.4, -0.2) is 5.49 Å². The molecule has 0 aliphatic heterocycles. The van der Waals surface area contributed by atoms with Crippen molar-refractivity contribution in [1.29, 1.82) is 0 Å². The van der Waals surface area contributed by atoms with E-state index in [1.165, 1.54) is 17.6 Å². The molecule has 21 heavy (non-hydrogen) atoms. The van der Waals surface area contributed by atoms with Crippen LogP contribution in [0.4, 0.5) is 0 Å². The van der Waals surface area contributed by atoms with E-state index in [-0.39, 0.29) is 30.3 Å². The number of hydrogen-bond donors (Lipinski definition) is 0. The van der Waals surface area contributed by atoms with Crippen LogP contribution in [-0.2, 0) is 20.1 Å². The average Bonchev–Trinajstić information content (AvgIpc) is 3.00. The SMILES string of the molecule is CC1=C[CH]([Hf+2]([C]2=CC=CC2)=[Si](C)C)c2ccccc21.[Cl-].[Cl-]. The topological polar surface area (TPSA) is 0 Å². The first-order valence-electron chi connectivity index (χ1n) is 6.99. The molecule has 4 heteroatoms.